The van der Waals surface area contributed by atoms with Gasteiger partial charge in [0.2, 0.25) is 0 Å². The lowest BCUT2D eigenvalue weighted by molar-refractivity contribution is 0.208. The average Bonchev–Trinajstić information content (AvgIpc) is 2.85. The number of aromatic nitrogens is 2. The maximum atomic E-state index is 12.7. The van der Waals surface area contributed by atoms with E-state index in [9.17, 15) is 4.79 Å². The molecule has 166 valence electrons. The minimum atomic E-state index is -0.128. The van der Waals surface area contributed by atoms with Gasteiger partial charge in [0.15, 0.2) is 5.82 Å². The van der Waals surface area contributed by atoms with Crippen LogP contribution < -0.4 is 19.7 Å². The molecule has 1 saturated heterocycles. The number of carbonyl (C=O) groups excluding carboxylic acids is 1. The molecule has 8 heteroatoms. The average molecular weight is 434 g/mol. The molecule has 2 amide bonds. The van der Waals surface area contributed by atoms with Crippen LogP contribution in [0.1, 0.15) is 6.92 Å². The molecule has 2 heterocycles. The number of carbonyl (C=O) groups is 1. The Balaban J connectivity index is 1.35. The van der Waals surface area contributed by atoms with Gasteiger partial charge in [-0.15, -0.1) is 10.2 Å². The molecule has 0 saturated carbocycles. The van der Waals surface area contributed by atoms with Crippen molar-refractivity contribution >= 4 is 17.5 Å². The number of anilines is 2. The summed E-state index contributed by atoms with van der Waals surface area (Å²) in [6, 6.07) is 19.0. The fraction of sp³-hybridized carbons (Fsp3) is 0.292. The third kappa shape index (κ3) is 4.91. The maximum Gasteiger partial charge on any atom is 0.322 e. The molecule has 1 aliphatic rings. The van der Waals surface area contributed by atoms with Crippen LogP contribution in [0.2, 0.25) is 0 Å². The molecule has 1 aliphatic heterocycles. The quantitative estimate of drug-likeness (QED) is 0.635. The summed E-state index contributed by atoms with van der Waals surface area (Å²) >= 11 is 0. The number of amides is 2. The van der Waals surface area contributed by atoms with Crippen molar-refractivity contribution in [2.24, 2.45) is 0 Å². The van der Waals surface area contributed by atoms with E-state index in [0.29, 0.717) is 44.2 Å². The largest absolute Gasteiger partial charge is 0.497 e. The molecule has 0 atom stereocenters. The second-order valence-corrected chi connectivity index (χ2v) is 7.34. The van der Waals surface area contributed by atoms with E-state index in [0.717, 1.165) is 22.8 Å². The molecule has 4 rings (SSSR count). The Morgan fingerprint density at radius 3 is 2.53 bits per heavy atom. The third-order valence-corrected chi connectivity index (χ3v) is 5.34. The predicted octanol–water partition coefficient (Wildman–Crippen LogP) is 3.91. The first-order chi connectivity index (χ1) is 15.7. The predicted molar refractivity (Wildman–Crippen MR) is 124 cm³/mol. The molecule has 32 heavy (non-hydrogen) atoms. The highest BCUT2D eigenvalue weighted by Gasteiger charge is 2.23. The highest BCUT2D eigenvalue weighted by molar-refractivity contribution is 5.91. The van der Waals surface area contributed by atoms with Gasteiger partial charge in [0.25, 0.3) is 0 Å². The molecule has 0 aliphatic carbocycles. The van der Waals surface area contributed by atoms with Crippen LogP contribution in [0.25, 0.3) is 11.3 Å². The number of rotatable bonds is 6. The molecular formula is C24H27N5O3. The molecule has 3 aromatic rings. The Hall–Kier alpha value is -3.81. The smallest absolute Gasteiger partial charge is 0.322 e. The minimum Gasteiger partial charge on any atom is -0.497 e. The Bertz CT molecular complexity index is 1050. The first-order valence-corrected chi connectivity index (χ1v) is 10.7. The lowest BCUT2D eigenvalue weighted by atomic mass is 10.1. The summed E-state index contributed by atoms with van der Waals surface area (Å²) < 4.78 is 10.9. The van der Waals surface area contributed by atoms with E-state index >= 15 is 0 Å². The van der Waals surface area contributed by atoms with Crippen LogP contribution in [-0.2, 0) is 0 Å². The highest BCUT2D eigenvalue weighted by atomic mass is 16.5. The van der Waals surface area contributed by atoms with E-state index in [1.807, 2.05) is 67.6 Å². The highest BCUT2D eigenvalue weighted by Crippen LogP contribution is 2.25. The summed E-state index contributed by atoms with van der Waals surface area (Å²) in [4.78, 5) is 16.7. The molecular weight excluding hydrogens is 406 g/mol. The summed E-state index contributed by atoms with van der Waals surface area (Å²) in [5.41, 5.74) is 2.43. The maximum absolute atomic E-state index is 12.7. The van der Waals surface area contributed by atoms with E-state index in [4.69, 9.17) is 9.47 Å². The monoisotopic (exact) mass is 433 g/mol. The molecule has 1 N–H and O–H groups in total. The Morgan fingerprint density at radius 1 is 1.00 bits per heavy atom. The van der Waals surface area contributed by atoms with Crippen molar-refractivity contribution in [1.29, 1.82) is 0 Å². The number of nitrogens with zero attached hydrogens (tertiary/aromatic N) is 4. The van der Waals surface area contributed by atoms with E-state index in [1.54, 1.807) is 12.0 Å². The van der Waals surface area contributed by atoms with Crippen LogP contribution in [0, 0.1) is 0 Å². The van der Waals surface area contributed by atoms with Crippen molar-refractivity contribution in [3.63, 3.8) is 0 Å². The zero-order valence-electron chi connectivity index (χ0n) is 18.3. The van der Waals surface area contributed by atoms with E-state index in [1.165, 1.54) is 0 Å². The standard InChI is InChI=1S/C24H27N5O3/c1-3-32-22-10-5-4-9-21(22)25-24(30)29-15-13-28(14-16-29)23-12-11-20(26-27-23)18-7-6-8-19(17-18)31-2/h4-12,17H,3,13-16H2,1-2H3,(H,25,30). The number of ether oxygens (including phenoxy) is 2. The van der Waals surface area contributed by atoms with Crippen molar-refractivity contribution in [3.05, 3.63) is 60.7 Å². The molecule has 0 unspecified atom stereocenters. The van der Waals surface area contributed by atoms with Crippen molar-refractivity contribution in [2.45, 2.75) is 6.92 Å². The van der Waals surface area contributed by atoms with Crippen LogP contribution in [0.3, 0.4) is 0 Å². The lowest BCUT2D eigenvalue weighted by Crippen LogP contribution is -2.50. The molecule has 1 fully saturated rings. The lowest BCUT2D eigenvalue weighted by Gasteiger charge is -2.35. The van der Waals surface area contributed by atoms with Crippen LogP contribution in [-0.4, -0.2) is 61.0 Å². The molecule has 8 nitrogen and oxygen atoms in total. The minimum absolute atomic E-state index is 0.128. The van der Waals surface area contributed by atoms with Crippen LogP contribution in [0.4, 0.5) is 16.3 Å². The van der Waals surface area contributed by atoms with E-state index in [2.05, 4.69) is 20.4 Å². The zero-order valence-corrected chi connectivity index (χ0v) is 18.3. The van der Waals surface area contributed by atoms with Crippen molar-refractivity contribution in [2.75, 3.05) is 50.1 Å². The first kappa shape index (κ1) is 21.4. The van der Waals surface area contributed by atoms with Gasteiger partial charge in [-0.3, -0.25) is 0 Å². The fourth-order valence-corrected chi connectivity index (χ4v) is 3.61. The first-order valence-electron chi connectivity index (χ1n) is 10.7. The Kier molecular flexibility index (Phi) is 6.69. The number of nitrogens with one attached hydrogen (secondary N) is 1. The fourth-order valence-electron chi connectivity index (χ4n) is 3.61. The van der Waals surface area contributed by atoms with Gasteiger partial charge in [-0.2, -0.15) is 0 Å². The molecule has 0 spiro atoms. The molecule has 0 radical (unpaired) electrons. The normalized spacial score (nSPS) is 13.6. The van der Waals surface area contributed by atoms with Crippen molar-refractivity contribution in [3.8, 4) is 22.8 Å². The van der Waals surface area contributed by atoms with Gasteiger partial charge in [0.1, 0.15) is 11.5 Å². The second kappa shape index (κ2) is 10.00. The number of piperazine rings is 1. The summed E-state index contributed by atoms with van der Waals surface area (Å²) in [5.74, 6) is 2.26. The van der Waals surface area contributed by atoms with E-state index < -0.39 is 0 Å². The zero-order chi connectivity index (χ0) is 22.3. The van der Waals surface area contributed by atoms with Gasteiger partial charge in [-0.05, 0) is 43.3 Å². The summed E-state index contributed by atoms with van der Waals surface area (Å²) in [6.07, 6.45) is 0. The van der Waals surface area contributed by atoms with Gasteiger partial charge >= 0.3 is 6.03 Å². The number of benzene rings is 2. The van der Waals surface area contributed by atoms with Gasteiger partial charge in [-0.25, -0.2) is 4.79 Å². The van der Waals surface area contributed by atoms with Crippen molar-refractivity contribution in [1.82, 2.24) is 15.1 Å². The number of methoxy groups -OCH3 is 1. The molecule has 2 aromatic carbocycles. The number of hydrogen-bond donors (Lipinski definition) is 1. The summed E-state index contributed by atoms with van der Waals surface area (Å²) in [5, 5.41) is 11.7. The number of para-hydroxylation sites is 2. The van der Waals surface area contributed by atoms with Crippen LogP contribution in [0.15, 0.2) is 60.7 Å². The van der Waals surface area contributed by atoms with E-state index in [-0.39, 0.29) is 6.03 Å². The molecule has 0 bridgehead atoms. The Morgan fingerprint density at radius 2 is 1.81 bits per heavy atom. The van der Waals surface area contributed by atoms with Gasteiger partial charge in [0.05, 0.1) is 25.1 Å². The Labute approximate surface area is 187 Å². The molecule has 1 aromatic heterocycles. The van der Waals surface area contributed by atoms with Gasteiger partial charge in [-0.1, -0.05) is 24.3 Å². The van der Waals surface area contributed by atoms with Crippen LogP contribution >= 0.6 is 0 Å². The second-order valence-electron chi connectivity index (χ2n) is 7.34. The SMILES string of the molecule is CCOc1ccccc1NC(=O)N1CCN(c2ccc(-c3cccc(OC)c3)nn2)CC1. The third-order valence-electron chi connectivity index (χ3n) is 5.34. The van der Waals surface area contributed by atoms with Gasteiger partial charge < -0.3 is 24.6 Å². The van der Waals surface area contributed by atoms with Crippen molar-refractivity contribution < 1.29 is 14.3 Å². The number of urea groups is 1. The number of hydrogen-bond acceptors (Lipinski definition) is 6. The van der Waals surface area contributed by atoms with Crippen LogP contribution in [0.5, 0.6) is 11.5 Å². The summed E-state index contributed by atoms with van der Waals surface area (Å²) in [6.45, 7) is 5.04. The summed E-state index contributed by atoms with van der Waals surface area (Å²) in [7, 11) is 1.64. The topological polar surface area (TPSA) is 79.8 Å². The van der Waals surface area contributed by atoms with Gasteiger partial charge in [0, 0.05) is 31.7 Å².